The second-order valence-corrected chi connectivity index (χ2v) is 3.45. The van der Waals surface area contributed by atoms with Crippen LogP contribution in [0.3, 0.4) is 0 Å². The lowest BCUT2D eigenvalue weighted by atomic mass is 10.0. The number of nitrogens with zero attached hydrogens (tertiary/aromatic N) is 1. The van der Waals surface area contributed by atoms with E-state index in [9.17, 15) is 14.5 Å². The van der Waals surface area contributed by atoms with Crippen LogP contribution in [-0.2, 0) is 6.42 Å². The zero-order valence-corrected chi connectivity index (χ0v) is 8.44. The van der Waals surface area contributed by atoms with Crippen molar-refractivity contribution >= 4 is 5.69 Å². The molecule has 2 N–H and O–H groups in total. The molecule has 5 heteroatoms. The molecule has 0 amide bonds. The molecule has 0 fully saturated rings. The van der Waals surface area contributed by atoms with Crippen LogP contribution in [0.5, 0.6) is 0 Å². The molecule has 15 heavy (non-hydrogen) atoms. The molecule has 0 spiro atoms. The Labute approximate surface area is 87.0 Å². The van der Waals surface area contributed by atoms with Crippen molar-refractivity contribution in [1.29, 1.82) is 0 Å². The van der Waals surface area contributed by atoms with Gasteiger partial charge in [-0.1, -0.05) is 6.92 Å². The molecule has 0 aromatic heterocycles. The van der Waals surface area contributed by atoms with Crippen LogP contribution in [0.15, 0.2) is 18.2 Å². The van der Waals surface area contributed by atoms with Gasteiger partial charge in [0.2, 0.25) is 0 Å². The van der Waals surface area contributed by atoms with E-state index in [0.29, 0.717) is 12.0 Å². The predicted octanol–water partition coefficient (Wildman–Crippen LogP) is 2.01. The second-order valence-electron chi connectivity index (χ2n) is 3.45. The zero-order chi connectivity index (χ0) is 11.4. The smallest absolute Gasteiger partial charge is 0.272 e. The molecule has 0 radical (unpaired) electrons. The van der Waals surface area contributed by atoms with Gasteiger partial charge in [0, 0.05) is 12.1 Å². The molecule has 1 rings (SSSR count). The Morgan fingerprint density at radius 1 is 1.53 bits per heavy atom. The normalized spacial score (nSPS) is 12.5. The highest BCUT2D eigenvalue weighted by Crippen LogP contribution is 2.17. The first-order chi connectivity index (χ1) is 7.02. The van der Waals surface area contributed by atoms with Crippen molar-refractivity contribution in [2.24, 2.45) is 5.73 Å². The summed E-state index contributed by atoms with van der Waals surface area (Å²) >= 11 is 0. The summed E-state index contributed by atoms with van der Waals surface area (Å²) in [6.07, 6.45) is 1.21. The summed E-state index contributed by atoms with van der Waals surface area (Å²) in [5.41, 5.74) is 6.03. The molecule has 1 unspecified atom stereocenters. The summed E-state index contributed by atoms with van der Waals surface area (Å²) in [4.78, 5) is 9.86. The summed E-state index contributed by atoms with van der Waals surface area (Å²) in [6, 6.07) is 3.45. The quantitative estimate of drug-likeness (QED) is 0.613. The molecule has 82 valence electrons. The predicted molar refractivity (Wildman–Crippen MR) is 55.0 cm³/mol. The van der Waals surface area contributed by atoms with Gasteiger partial charge in [0.15, 0.2) is 0 Å². The number of hydrogen-bond donors (Lipinski definition) is 1. The third-order valence-corrected chi connectivity index (χ3v) is 2.18. The van der Waals surface area contributed by atoms with Crippen molar-refractivity contribution in [3.05, 3.63) is 39.7 Å². The molecule has 1 aromatic rings. The van der Waals surface area contributed by atoms with Crippen LogP contribution in [0.1, 0.15) is 18.9 Å². The summed E-state index contributed by atoms with van der Waals surface area (Å²) in [6.45, 7) is 1.92. The molecule has 0 saturated carbocycles. The molecule has 0 aliphatic heterocycles. The van der Waals surface area contributed by atoms with Gasteiger partial charge in [0.05, 0.1) is 11.0 Å². The van der Waals surface area contributed by atoms with Gasteiger partial charge in [-0.3, -0.25) is 10.1 Å². The van der Waals surface area contributed by atoms with E-state index in [-0.39, 0.29) is 11.7 Å². The van der Waals surface area contributed by atoms with Crippen LogP contribution in [0.25, 0.3) is 0 Å². The molecule has 1 aromatic carbocycles. The van der Waals surface area contributed by atoms with Gasteiger partial charge in [-0.2, -0.15) is 0 Å². The van der Waals surface area contributed by atoms with Gasteiger partial charge < -0.3 is 5.73 Å². The SMILES string of the molecule is CCC(N)Cc1cc(F)cc([N+](=O)[O-])c1. The highest BCUT2D eigenvalue weighted by atomic mass is 19.1. The van der Waals surface area contributed by atoms with Crippen molar-refractivity contribution < 1.29 is 9.31 Å². The van der Waals surface area contributed by atoms with E-state index in [1.807, 2.05) is 6.92 Å². The maximum Gasteiger partial charge on any atom is 0.272 e. The van der Waals surface area contributed by atoms with Gasteiger partial charge in [0.1, 0.15) is 5.82 Å². The van der Waals surface area contributed by atoms with Crippen molar-refractivity contribution in [1.82, 2.24) is 0 Å². The zero-order valence-electron chi connectivity index (χ0n) is 8.44. The summed E-state index contributed by atoms with van der Waals surface area (Å²) < 4.78 is 13.0. The number of nitrogens with two attached hydrogens (primary N) is 1. The van der Waals surface area contributed by atoms with Crippen LogP contribution in [0.2, 0.25) is 0 Å². The third-order valence-electron chi connectivity index (χ3n) is 2.18. The van der Waals surface area contributed by atoms with Crippen LogP contribution in [-0.4, -0.2) is 11.0 Å². The van der Waals surface area contributed by atoms with E-state index in [0.717, 1.165) is 12.5 Å². The number of nitro groups is 1. The first kappa shape index (κ1) is 11.6. The van der Waals surface area contributed by atoms with Crippen LogP contribution < -0.4 is 5.73 Å². The van der Waals surface area contributed by atoms with Gasteiger partial charge in [-0.05, 0) is 24.5 Å². The largest absolute Gasteiger partial charge is 0.327 e. The summed E-state index contributed by atoms with van der Waals surface area (Å²) in [5.74, 6) is -0.595. The highest BCUT2D eigenvalue weighted by molar-refractivity contribution is 5.35. The standard InChI is InChI=1S/C10H13FN2O2/c1-2-9(12)4-7-3-8(11)6-10(5-7)13(14)15/h3,5-6,9H,2,4,12H2,1H3. The van der Waals surface area contributed by atoms with E-state index in [1.165, 1.54) is 12.1 Å². The topological polar surface area (TPSA) is 69.2 Å². The molecular weight excluding hydrogens is 199 g/mol. The van der Waals surface area contributed by atoms with Crippen LogP contribution in [0, 0.1) is 15.9 Å². The lowest BCUT2D eigenvalue weighted by molar-refractivity contribution is -0.385. The Balaban J connectivity index is 2.93. The molecule has 0 aliphatic carbocycles. The molecule has 0 heterocycles. The maximum atomic E-state index is 13.0. The Hall–Kier alpha value is -1.49. The summed E-state index contributed by atoms with van der Waals surface area (Å²) in [5, 5.41) is 10.5. The Morgan fingerprint density at radius 2 is 2.20 bits per heavy atom. The Morgan fingerprint density at radius 3 is 2.73 bits per heavy atom. The van der Waals surface area contributed by atoms with Crippen molar-refractivity contribution in [2.45, 2.75) is 25.8 Å². The lowest BCUT2D eigenvalue weighted by Crippen LogP contribution is -2.21. The molecule has 0 aliphatic rings. The monoisotopic (exact) mass is 212 g/mol. The van der Waals surface area contributed by atoms with E-state index < -0.39 is 10.7 Å². The minimum atomic E-state index is -0.607. The maximum absolute atomic E-state index is 13.0. The average molecular weight is 212 g/mol. The number of hydrogen-bond acceptors (Lipinski definition) is 3. The van der Waals surface area contributed by atoms with E-state index in [2.05, 4.69) is 0 Å². The molecule has 1 atom stereocenters. The number of non-ortho nitro benzene ring substituents is 1. The van der Waals surface area contributed by atoms with Gasteiger partial charge in [-0.25, -0.2) is 4.39 Å². The minimum absolute atomic E-state index is 0.0913. The fraction of sp³-hybridized carbons (Fsp3) is 0.400. The fourth-order valence-electron chi connectivity index (χ4n) is 1.30. The van der Waals surface area contributed by atoms with Crippen molar-refractivity contribution in [2.75, 3.05) is 0 Å². The number of rotatable bonds is 4. The number of benzene rings is 1. The van der Waals surface area contributed by atoms with E-state index in [1.54, 1.807) is 0 Å². The lowest BCUT2D eigenvalue weighted by Gasteiger charge is -2.08. The van der Waals surface area contributed by atoms with Gasteiger partial charge >= 0.3 is 0 Å². The van der Waals surface area contributed by atoms with Gasteiger partial charge in [0.25, 0.3) is 5.69 Å². The number of nitro benzene ring substituents is 1. The Kier molecular flexibility index (Phi) is 3.74. The van der Waals surface area contributed by atoms with Crippen LogP contribution >= 0.6 is 0 Å². The van der Waals surface area contributed by atoms with Crippen LogP contribution in [0.4, 0.5) is 10.1 Å². The molecule has 0 bridgehead atoms. The first-order valence-corrected chi connectivity index (χ1v) is 4.72. The number of halogens is 1. The molecular formula is C10H13FN2O2. The highest BCUT2D eigenvalue weighted by Gasteiger charge is 2.11. The van der Waals surface area contributed by atoms with Crippen molar-refractivity contribution in [3.8, 4) is 0 Å². The summed E-state index contributed by atoms with van der Waals surface area (Å²) in [7, 11) is 0. The molecule has 4 nitrogen and oxygen atoms in total. The average Bonchev–Trinajstić information content (AvgIpc) is 2.16. The second kappa shape index (κ2) is 4.84. The minimum Gasteiger partial charge on any atom is -0.327 e. The fourth-order valence-corrected chi connectivity index (χ4v) is 1.30. The first-order valence-electron chi connectivity index (χ1n) is 4.72. The molecule has 0 saturated heterocycles. The van der Waals surface area contributed by atoms with Crippen molar-refractivity contribution in [3.63, 3.8) is 0 Å². The Bertz CT molecular complexity index is 368. The van der Waals surface area contributed by atoms with E-state index in [4.69, 9.17) is 5.73 Å². The van der Waals surface area contributed by atoms with E-state index >= 15 is 0 Å². The van der Waals surface area contributed by atoms with Gasteiger partial charge in [-0.15, -0.1) is 0 Å². The third kappa shape index (κ3) is 3.28.